The Hall–Kier alpha value is -1.61. The number of nitrogens with one attached hydrogen (secondary N) is 1. The third-order valence-electron chi connectivity index (χ3n) is 5.58. The van der Waals surface area contributed by atoms with Crippen LogP contribution < -0.4 is 10.1 Å². The molecule has 1 heterocycles. The van der Waals surface area contributed by atoms with Crippen molar-refractivity contribution in [2.45, 2.75) is 38.0 Å². The molecule has 0 aliphatic carbocycles. The molecule has 0 spiro atoms. The van der Waals surface area contributed by atoms with Crippen LogP contribution in [-0.2, 0) is 21.2 Å². The van der Waals surface area contributed by atoms with Crippen LogP contribution in [0.2, 0.25) is 5.02 Å². The highest BCUT2D eigenvalue weighted by Crippen LogP contribution is 2.33. The fourth-order valence-electron chi connectivity index (χ4n) is 3.85. The standard InChI is InChI=1S/C22H26BrClN2O4S/c1-4-15-12-17(23)11-14(2)21(15)25-22(27)16-7-9-26(10-8-16)31(28,29)20-13-18(24)5-6-19(20)30-3/h5-6,11-13,16H,4,7-10H2,1-3H3,(H,25,27). The first-order chi connectivity index (χ1) is 14.7. The fraction of sp³-hybridized carbons (Fsp3) is 0.409. The molecule has 9 heteroatoms. The van der Waals surface area contributed by atoms with Gasteiger partial charge in [-0.2, -0.15) is 4.31 Å². The first kappa shape index (κ1) is 24.0. The largest absolute Gasteiger partial charge is 0.495 e. The maximum Gasteiger partial charge on any atom is 0.246 e. The van der Waals surface area contributed by atoms with E-state index in [9.17, 15) is 13.2 Å². The van der Waals surface area contributed by atoms with Crippen LogP contribution in [0.3, 0.4) is 0 Å². The number of halogens is 2. The lowest BCUT2D eigenvalue weighted by atomic mass is 9.96. The van der Waals surface area contributed by atoms with E-state index in [2.05, 4.69) is 21.2 Å². The number of aryl methyl sites for hydroxylation is 2. The number of benzene rings is 2. The van der Waals surface area contributed by atoms with Gasteiger partial charge in [0.15, 0.2) is 0 Å². The third kappa shape index (κ3) is 5.25. The van der Waals surface area contributed by atoms with Crippen molar-refractivity contribution < 1.29 is 17.9 Å². The summed E-state index contributed by atoms with van der Waals surface area (Å²) in [5, 5.41) is 3.40. The molecule has 0 atom stereocenters. The van der Waals surface area contributed by atoms with Gasteiger partial charge >= 0.3 is 0 Å². The van der Waals surface area contributed by atoms with Crippen LogP contribution in [0.1, 0.15) is 30.9 Å². The van der Waals surface area contributed by atoms with E-state index in [1.807, 2.05) is 26.0 Å². The molecule has 1 aliphatic heterocycles. The lowest BCUT2D eigenvalue weighted by Gasteiger charge is -2.31. The molecule has 2 aromatic carbocycles. The topological polar surface area (TPSA) is 75.7 Å². The van der Waals surface area contributed by atoms with Crippen molar-refractivity contribution in [3.05, 3.63) is 51.0 Å². The predicted octanol–water partition coefficient (Wildman–Crippen LogP) is 5.02. The van der Waals surface area contributed by atoms with E-state index in [4.69, 9.17) is 16.3 Å². The minimum atomic E-state index is -3.77. The summed E-state index contributed by atoms with van der Waals surface area (Å²) in [6, 6.07) is 8.52. The molecule has 1 amide bonds. The first-order valence-electron chi connectivity index (χ1n) is 10.1. The summed E-state index contributed by atoms with van der Waals surface area (Å²) in [5.41, 5.74) is 2.90. The van der Waals surface area contributed by atoms with Crippen molar-refractivity contribution in [2.75, 3.05) is 25.5 Å². The molecule has 168 valence electrons. The lowest BCUT2D eigenvalue weighted by Crippen LogP contribution is -2.41. The molecule has 1 N–H and O–H groups in total. The van der Waals surface area contributed by atoms with Gasteiger partial charge in [0.2, 0.25) is 15.9 Å². The minimum absolute atomic E-state index is 0.0449. The maximum absolute atomic E-state index is 13.1. The molecule has 0 bridgehead atoms. The van der Waals surface area contributed by atoms with E-state index >= 15 is 0 Å². The third-order valence-corrected chi connectivity index (χ3v) is 8.19. The summed E-state index contributed by atoms with van der Waals surface area (Å²) < 4.78 is 33.8. The van der Waals surface area contributed by atoms with E-state index < -0.39 is 10.0 Å². The number of sulfonamides is 1. The van der Waals surface area contributed by atoms with Crippen LogP contribution in [0.15, 0.2) is 39.7 Å². The number of ether oxygens (including phenoxy) is 1. The number of hydrogen-bond donors (Lipinski definition) is 1. The Balaban J connectivity index is 1.71. The highest BCUT2D eigenvalue weighted by Gasteiger charge is 2.34. The number of carbonyl (C=O) groups excluding carboxylic acids is 1. The van der Waals surface area contributed by atoms with Gasteiger partial charge in [0.25, 0.3) is 0 Å². The Bertz CT molecular complexity index is 1080. The van der Waals surface area contributed by atoms with Crippen LogP contribution in [0.5, 0.6) is 5.75 Å². The summed E-state index contributed by atoms with van der Waals surface area (Å²) in [5.74, 6) is -0.0694. The molecule has 0 saturated carbocycles. The van der Waals surface area contributed by atoms with Gasteiger partial charge in [-0.15, -0.1) is 0 Å². The van der Waals surface area contributed by atoms with Crippen molar-refractivity contribution in [2.24, 2.45) is 5.92 Å². The van der Waals surface area contributed by atoms with E-state index in [0.29, 0.717) is 17.9 Å². The van der Waals surface area contributed by atoms with Crippen molar-refractivity contribution in [3.63, 3.8) is 0 Å². The van der Waals surface area contributed by atoms with Gasteiger partial charge in [-0.3, -0.25) is 4.79 Å². The van der Waals surface area contributed by atoms with Crippen molar-refractivity contribution in [1.82, 2.24) is 4.31 Å². The lowest BCUT2D eigenvalue weighted by molar-refractivity contribution is -0.120. The Labute approximate surface area is 197 Å². The van der Waals surface area contributed by atoms with Crippen molar-refractivity contribution >= 4 is 49.1 Å². The van der Waals surface area contributed by atoms with Gasteiger partial charge in [-0.25, -0.2) is 8.42 Å². The highest BCUT2D eigenvalue weighted by molar-refractivity contribution is 9.10. The maximum atomic E-state index is 13.1. The Morgan fingerprint density at radius 2 is 1.94 bits per heavy atom. The summed E-state index contributed by atoms with van der Waals surface area (Å²) in [6.45, 7) is 4.53. The van der Waals surface area contributed by atoms with Gasteiger partial charge < -0.3 is 10.1 Å². The normalized spacial score (nSPS) is 15.6. The van der Waals surface area contributed by atoms with E-state index in [0.717, 1.165) is 27.7 Å². The number of nitrogens with zero attached hydrogens (tertiary/aromatic N) is 1. The Kier molecular flexibility index (Phi) is 7.68. The predicted molar refractivity (Wildman–Crippen MR) is 126 cm³/mol. The molecular formula is C22H26BrClN2O4S. The molecule has 0 radical (unpaired) electrons. The zero-order valence-corrected chi connectivity index (χ0v) is 20.9. The average molecular weight is 530 g/mol. The molecule has 2 aromatic rings. The molecule has 1 aliphatic rings. The summed E-state index contributed by atoms with van der Waals surface area (Å²) >= 11 is 9.51. The molecule has 0 unspecified atom stereocenters. The molecule has 6 nitrogen and oxygen atoms in total. The fourth-order valence-corrected chi connectivity index (χ4v) is 6.35. The van der Waals surface area contributed by atoms with E-state index in [1.165, 1.54) is 17.5 Å². The smallest absolute Gasteiger partial charge is 0.246 e. The van der Waals surface area contributed by atoms with Crippen molar-refractivity contribution in [1.29, 1.82) is 0 Å². The van der Waals surface area contributed by atoms with Crippen LogP contribution in [-0.4, -0.2) is 38.8 Å². The summed E-state index contributed by atoms with van der Waals surface area (Å²) in [7, 11) is -2.35. The second-order valence-corrected chi connectivity index (χ2v) is 10.8. The second kappa shape index (κ2) is 9.90. The number of hydrogen-bond acceptors (Lipinski definition) is 4. The van der Waals surface area contributed by atoms with Crippen LogP contribution in [0.4, 0.5) is 5.69 Å². The molecule has 1 saturated heterocycles. The summed E-state index contributed by atoms with van der Waals surface area (Å²) in [4.78, 5) is 13.0. The number of piperidine rings is 1. The Morgan fingerprint density at radius 1 is 1.26 bits per heavy atom. The number of carbonyl (C=O) groups is 1. The zero-order chi connectivity index (χ0) is 22.8. The van der Waals surface area contributed by atoms with Crippen LogP contribution in [0, 0.1) is 12.8 Å². The van der Waals surface area contributed by atoms with Gasteiger partial charge in [0.05, 0.1) is 7.11 Å². The molecule has 0 aromatic heterocycles. The second-order valence-electron chi connectivity index (χ2n) is 7.57. The number of methoxy groups -OCH3 is 1. The van der Waals surface area contributed by atoms with E-state index in [1.54, 1.807) is 12.1 Å². The molecular weight excluding hydrogens is 504 g/mol. The number of anilines is 1. The van der Waals surface area contributed by atoms with Gasteiger partial charge in [-0.05, 0) is 67.6 Å². The molecule has 1 fully saturated rings. The first-order valence-corrected chi connectivity index (χ1v) is 12.7. The number of rotatable bonds is 6. The quantitative estimate of drug-likeness (QED) is 0.570. The van der Waals surface area contributed by atoms with Gasteiger partial charge in [0.1, 0.15) is 10.6 Å². The van der Waals surface area contributed by atoms with Gasteiger partial charge in [-0.1, -0.05) is 34.5 Å². The minimum Gasteiger partial charge on any atom is -0.495 e. The van der Waals surface area contributed by atoms with E-state index in [-0.39, 0.29) is 35.6 Å². The summed E-state index contributed by atoms with van der Waals surface area (Å²) in [6.07, 6.45) is 1.70. The zero-order valence-electron chi connectivity index (χ0n) is 17.7. The monoisotopic (exact) mass is 528 g/mol. The highest BCUT2D eigenvalue weighted by atomic mass is 79.9. The molecule has 31 heavy (non-hydrogen) atoms. The molecule has 3 rings (SSSR count). The number of amides is 1. The SMILES string of the molecule is CCc1cc(Br)cc(C)c1NC(=O)C1CCN(S(=O)(=O)c2cc(Cl)ccc2OC)CC1. The van der Waals surface area contributed by atoms with Gasteiger partial charge in [0, 0.05) is 34.2 Å². The Morgan fingerprint density at radius 3 is 2.55 bits per heavy atom. The average Bonchev–Trinajstić information content (AvgIpc) is 2.75. The van der Waals surface area contributed by atoms with Crippen molar-refractivity contribution in [3.8, 4) is 5.75 Å². The van der Waals surface area contributed by atoms with Crippen LogP contribution >= 0.6 is 27.5 Å². The van der Waals surface area contributed by atoms with Crippen LogP contribution in [0.25, 0.3) is 0 Å².